The summed E-state index contributed by atoms with van der Waals surface area (Å²) in [5, 5.41) is 9.94. The molecule has 0 bridgehead atoms. The molecule has 1 aliphatic carbocycles. The Kier molecular flexibility index (Phi) is 5.22. The highest BCUT2D eigenvalue weighted by atomic mass is 32.2. The number of carbonyl (C=O) groups excluding carboxylic acids is 1. The highest BCUT2D eigenvalue weighted by molar-refractivity contribution is 7.99. The van der Waals surface area contributed by atoms with Crippen molar-refractivity contribution in [3.63, 3.8) is 0 Å². The summed E-state index contributed by atoms with van der Waals surface area (Å²) in [6, 6.07) is 17.1. The Labute approximate surface area is 169 Å². The molecule has 1 aromatic heterocycles. The van der Waals surface area contributed by atoms with Crippen LogP contribution in [0, 0.1) is 5.92 Å². The maximum Gasteiger partial charge on any atom is 0.217 e. The molecule has 0 unspecified atom stereocenters. The van der Waals surface area contributed by atoms with Crippen molar-refractivity contribution < 1.29 is 4.79 Å². The van der Waals surface area contributed by atoms with Crippen molar-refractivity contribution in [1.82, 2.24) is 14.8 Å². The number of benzene rings is 2. The predicted octanol–water partition coefficient (Wildman–Crippen LogP) is 4.21. The molecule has 1 aliphatic rings. The van der Waals surface area contributed by atoms with Crippen LogP contribution in [-0.2, 0) is 17.8 Å². The van der Waals surface area contributed by atoms with Gasteiger partial charge in [0.2, 0.25) is 5.91 Å². The van der Waals surface area contributed by atoms with Crippen LogP contribution in [-0.4, -0.2) is 20.7 Å². The third kappa shape index (κ3) is 3.56. The first-order valence-electron chi connectivity index (χ1n) is 9.60. The lowest BCUT2D eigenvalue weighted by Gasteiger charge is -2.16. The Hall–Kier alpha value is -2.60. The number of primary amides is 1. The van der Waals surface area contributed by atoms with Gasteiger partial charge in [0.15, 0.2) is 5.16 Å². The van der Waals surface area contributed by atoms with E-state index in [4.69, 9.17) is 5.73 Å². The molecule has 5 nitrogen and oxygen atoms in total. The second kappa shape index (κ2) is 7.80. The second-order valence-corrected chi connectivity index (χ2v) is 8.61. The van der Waals surface area contributed by atoms with Crippen LogP contribution in [0.5, 0.6) is 0 Å². The highest BCUT2D eigenvalue weighted by Crippen LogP contribution is 2.51. The molecule has 3 aromatic rings. The van der Waals surface area contributed by atoms with E-state index in [2.05, 4.69) is 77.1 Å². The predicted molar refractivity (Wildman–Crippen MR) is 112 cm³/mol. The molecule has 144 valence electrons. The van der Waals surface area contributed by atoms with Gasteiger partial charge in [-0.1, -0.05) is 74.1 Å². The van der Waals surface area contributed by atoms with Gasteiger partial charge in [-0.3, -0.25) is 4.79 Å². The van der Waals surface area contributed by atoms with Crippen LogP contribution in [0.25, 0.3) is 11.1 Å². The molecule has 28 heavy (non-hydrogen) atoms. The number of thioether (sulfide) groups is 1. The van der Waals surface area contributed by atoms with Gasteiger partial charge in [-0.2, -0.15) is 0 Å². The molecule has 0 radical (unpaired) electrons. The van der Waals surface area contributed by atoms with E-state index in [1.807, 2.05) is 0 Å². The van der Waals surface area contributed by atoms with Crippen molar-refractivity contribution >= 4 is 17.7 Å². The van der Waals surface area contributed by atoms with Gasteiger partial charge in [0.05, 0.1) is 5.25 Å². The van der Waals surface area contributed by atoms with E-state index < -0.39 is 0 Å². The maximum atomic E-state index is 11.2. The first-order valence-corrected chi connectivity index (χ1v) is 10.5. The zero-order valence-electron chi connectivity index (χ0n) is 16.1. The van der Waals surface area contributed by atoms with E-state index in [9.17, 15) is 4.79 Å². The van der Waals surface area contributed by atoms with Crippen LogP contribution in [0.3, 0.4) is 0 Å². The van der Waals surface area contributed by atoms with Crippen molar-refractivity contribution in [2.75, 3.05) is 0 Å². The van der Waals surface area contributed by atoms with Gasteiger partial charge in [0.1, 0.15) is 5.82 Å². The van der Waals surface area contributed by atoms with Gasteiger partial charge in [0, 0.05) is 19.4 Å². The van der Waals surface area contributed by atoms with Gasteiger partial charge in [-0.05, 0) is 28.2 Å². The molecule has 1 amide bonds. The largest absolute Gasteiger partial charge is 0.370 e. The molecule has 0 atom stereocenters. The summed E-state index contributed by atoms with van der Waals surface area (Å²) >= 11 is 1.73. The maximum absolute atomic E-state index is 11.2. The fraction of sp³-hybridized carbons (Fsp3) is 0.318. The van der Waals surface area contributed by atoms with Crippen LogP contribution >= 0.6 is 11.8 Å². The number of aromatic nitrogens is 3. The van der Waals surface area contributed by atoms with E-state index in [0.29, 0.717) is 12.3 Å². The minimum absolute atomic E-state index is 0.187. The van der Waals surface area contributed by atoms with Crippen LogP contribution in [0.15, 0.2) is 53.7 Å². The summed E-state index contributed by atoms with van der Waals surface area (Å²) in [5.41, 5.74) is 10.5. The molecule has 0 saturated heterocycles. The lowest BCUT2D eigenvalue weighted by atomic mass is 10.1. The fourth-order valence-electron chi connectivity index (χ4n) is 3.72. The zero-order valence-corrected chi connectivity index (χ0v) is 16.9. The van der Waals surface area contributed by atoms with Gasteiger partial charge >= 0.3 is 0 Å². The van der Waals surface area contributed by atoms with E-state index in [1.165, 1.54) is 22.3 Å². The zero-order chi connectivity index (χ0) is 19.7. The number of aryl methyl sites for hydroxylation is 1. The third-order valence-electron chi connectivity index (χ3n) is 4.94. The van der Waals surface area contributed by atoms with Crippen LogP contribution in [0.4, 0.5) is 0 Å². The summed E-state index contributed by atoms with van der Waals surface area (Å²) in [6.45, 7) is 5.17. The molecule has 6 heteroatoms. The van der Waals surface area contributed by atoms with Crippen LogP contribution in [0.2, 0.25) is 0 Å². The smallest absolute Gasteiger partial charge is 0.217 e. The fourth-order valence-corrected chi connectivity index (χ4v) is 4.99. The number of rotatable bonds is 7. The SMILES string of the molecule is CC(C)Cn1c(CCC(N)=O)nnc1SC1c2ccccc2-c2ccccc21. The third-order valence-corrected chi connectivity index (χ3v) is 6.19. The first-order chi connectivity index (χ1) is 13.5. The molecule has 2 aromatic carbocycles. The number of nitrogens with two attached hydrogens (primary N) is 1. The molecule has 1 heterocycles. The first kappa shape index (κ1) is 18.7. The van der Waals surface area contributed by atoms with Crippen LogP contribution < -0.4 is 5.73 Å². The van der Waals surface area contributed by atoms with E-state index in [-0.39, 0.29) is 17.6 Å². The summed E-state index contributed by atoms with van der Waals surface area (Å²) in [4.78, 5) is 11.2. The molecular formula is C22H24N4OS. The number of carbonyl (C=O) groups is 1. The van der Waals surface area contributed by atoms with Gasteiger partial charge in [0.25, 0.3) is 0 Å². The Morgan fingerprint density at radius 1 is 1.07 bits per heavy atom. The molecule has 0 fully saturated rings. The quantitative estimate of drug-likeness (QED) is 0.653. The average Bonchev–Trinajstić information content (AvgIpc) is 3.20. The lowest BCUT2D eigenvalue weighted by Crippen LogP contribution is -2.15. The number of hydrogen-bond acceptors (Lipinski definition) is 4. The second-order valence-electron chi connectivity index (χ2n) is 7.54. The number of hydrogen-bond donors (Lipinski definition) is 1. The Morgan fingerprint density at radius 2 is 1.68 bits per heavy atom. The average molecular weight is 393 g/mol. The van der Waals surface area contributed by atoms with Crippen molar-refractivity contribution in [2.45, 2.75) is 43.6 Å². The molecule has 2 N–H and O–H groups in total. The molecular weight excluding hydrogens is 368 g/mol. The highest BCUT2D eigenvalue weighted by Gasteiger charge is 2.30. The van der Waals surface area contributed by atoms with Crippen LogP contribution in [0.1, 0.15) is 42.5 Å². The van der Waals surface area contributed by atoms with Gasteiger partial charge in [-0.25, -0.2) is 0 Å². The Bertz CT molecular complexity index is 966. The standard InChI is InChI=1S/C22H24N4OS/c1-14(2)13-26-20(12-11-19(23)27)24-25-22(26)28-21-17-9-5-3-7-15(17)16-8-4-6-10-18(16)21/h3-10,14,21H,11-13H2,1-2H3,(H2,23,27). The summed E-state index contributed by atoms with van der Waals surface area (Å²) in [5.74, 6) is 0.965. The Morgan fingerprint density at radius 3 is 2.25 bits per heavy atom. The molecule has 4 rings (SSSR count). The molecule has 0 saturated carbocycles. The van der Waals surface area contributed by atoms with E-state index in [1.54, 1.807) is 11.8 Å². The number of nitrogens with zero attached hydrogens (tertiary/aromatic N) is 3. The molecule has 0 aliphatic heterocycles. The normalized spacial score (nSPS) is 13.0. The van der Waals surface area contributed by atoms with Crippen molar-refractivity contribution in [3.05, 3.63) is 65.5 Å². The Balaban J connectivity index is 1.70. The lowest BCUT2D eigenvalue weighted by molar-refractivity contribution is -0.118. The monoisotopic (exact) mass is 392 g/mol. The summed E-state index contributed by atoms with van der Waals surface area (Å²) < 4.78 is 2.15. The summed E-state index contributed by atoms with van der Waals surface area (Å²) in [7, 11) is 0. The minimum Gasteiger partial charge on any atom is -0.370 e. The minimum atomic E-state index is -0.313. The van der Waals surface area contributed by atoms with Gasteiger partial charge < -0.3 is 10.3 Å². The summed E-state index contributed by atoms with van der Waals surface area (Å²) in [6.07, 6.45) is 0.809. The topological polar surface area (TPSA) is 73.8 Å². The number of fused-ring (bicyclic) bond motifs is 3. The van der Waals surface area contributed by atoms with E-state index in [0.717, 1.165) is 17.5 Å². The van der Waals surface area contributed by atoms with Gasteiger partial charge in [-0.15, -0.1) is 10.2 Å². The number of amides is 1. The van der Waals surface area contributed by atoms with Crippen molar-refractivity contribution in [2.24, 2.45) is 11.7 Å². The van der Waals surface area contributed by atoms with E-state index >= 15 is 0 Å². The van der Waals surface area contributed by atoms with Crippen molar-refractivity contribution in [3.8, 4) is 11.1 Å². The van der Waals surface area contributed by atoms with Crippen molar-refractivity contribution in [1.29, 1.82) is 0 Å². The molecule has 0 spiro atoms.